The van der Waals surface area contributed by atoms with Gasteiger partial charge in [0.15, 0.2) is 5.58 Å². The lowest BCUT2D eigenvalue weighted by Crippen LogP contribution is -2.10. The van der Waals surface area contributed by atoms with E-state index in [4.69, 9.17) is 4.42 Å². The Hall–Kier alpha value is -6.12. The number of fused-ring (bicyclic) bond motifs is 5. The van der Waals surface area contributed by atoms with Crippen LogP contribution in [0.5, 0.6) is 0 Å². The van der Waals surface area contributed by atoms with Crippen LogP contribution in [0.2, 0.25) is 0 Å². The molecule has 1 heterocycles. The van der Waals surface area contributed by atoms with Gasteiger partial charge in [-0.2, -0.15) is 0 Å². The lowest BCUT2D eigenvalue weighted by atomic mass is 9.92. The summed E-state index contributed by atoms with van der Waals surface area (Å²) in [6, 6.07) is 62.5. The molecule has 0 aliphatic heterocycles. The fourth-order valence-corrected chi connectivity index (χ4v) is 6.91. The first-order valence-electron chi connectivity index (χ1n) is 15.7. The number of nitrogens with zero attached hydrogens (tertiary/aromatic N) is 1. The molecule has 8 aromatic carbocycles. The third-order valence-electron chi connectivity index (χ3n) is 9.04. The van der Waals surface area contributed by atoms with Gasteiger partial charge < -0.3 is 9.32 Å². The van der Waals surface area contributed by atoms with E-state index in [1.165, 1.54) is 38.2 Å². The van der Waals surface area contributed by atoms with Gasteiger partial charge in [-0.25, -0.2) is 0 Å². The first-order valence-corrected chi connectivity index (χ1v) is 15.7. The Kier molecular flexibility index (Phi) is 6.17. The third-order valence-corrected chi connectivity index (χ3v) is 9.04. The van der Waals surface area contributed by atoms with Gasteiger partial charge in [0.25, 0.3) is 0 Å². The lowest BCUT2D eigenvalue weighted by molar-refractivity contribution is 0.670. The fourth-order valence-electron chi connectivity index (χ4n) is 6.91. The van der Waals surface area contributed by atoms with Gasteiger partial charge in [0.05, 0.1) is 5.69 Å². The first kappa shape index (κ1) is 26.3. The molecule has 0 bridgehead atoms. The predicted octanol–water partition coefficient (Wildman–Crippen LogP) is 12.7. The molecule has 0 N–H and O–H groups in total. The molecular weight excluding hydrogens is 558 g/mol. The standard InChI is InChI=1S/C44H29NO/c1-3-13-30(14-4-1)31-25-27-35(28-26-31)45(34-18-5-2-6-19-34)41-24-12-23-39-40-29-33-16-8-10-21-37(33)42(44(40)46-43(39)41)38-22-11-17-32-15-7-9-20-36(32)38/h1-29H. The molecule has 2 nitrogen and oxygen atoms in total. The van der Waals surface area contributed by atoms with Crippen molar-refractivity contribution in [2.75, 3.05) is 4.90 Å². The fraction of sp³-hybridized carbons (Fsp3) is 0. The topological polar surface area (TPSA) is 16.4 Å². The van der Waals surface area contributed by atoms with Crippen LogP contribution in [0, 0.1) is 0 Å². The molecule has 9 aromatic rings. The van der Waals surface area contributed by atoms with Crippen molar-refractivity contribution in [1.82, 2.24) is 0 Å². The van der Waals surface area contributed by atoms with Crippen molar-refractivity contribution in [3.05, 3.63) is 176 Å². The highest BCUT2D eigenvalue weighted by molar-refractivity contribution is 6.22. The van der Waals surface area contributed by atoms with Crippen molar-refractivity contribution in [1.29, 1.82) is 0 Å². The summed E-state index contributed by atoms with van der Waals surface area (Å²) >= 11 is 0. The zero-order valence-electron chi connectivity index (χ0n) is 25.1. The minimum absolute atomic E-state index is 0.866. The number of hydrogen-bond acceptors (Lipinski definition) is 2. The summed E-state index contributed by atoms with van der Waals surface area (Å²) in [7, 11) is 0. The molecule has 0 fully saturated rings. The van der Waals surface area contributed by atoms with Crippen LogP contribution >= 0.6 is 0 Å². The number of furan rings is 1. The van der Waals surface area contributed by atoms with E-state index >= 15 is 0 Å². The van der Waals surface area contributed by atoms with Crippen molar-refractivity contribution in [3.63, 3.8) is 0 Å². The second-order valence-corrected chi connectivity index (χ2v) is 11.7. The number of rotatable bonds is 5. The van der Waals surface area contributed by atoms with Gasteiger partial charge in [0.1, 0.15) is 5.58 Å². The van der Waals surface area contributed by atoms with Crippen LogP contribution in [0.4, 0.5) is 17.1 Å². The first-order chi connectivity index (χ1) is 22.8. The van der Waals surface area contributed by atoms with E-state index in [9.17, 15) is 0 Å². The van der Waals surface area contributed by atoms with Gasteiger partial charge in [-0.05, 0) is 74.6 Å². The van der Waals surface area contributed by atoms with E-state index in [0.29, 0.717) is 0 Å². The average molecular weight is 588 g/mol. The van der Waals surface area contributed by atoms with E-state index < -0.39 is 0 Å². The Morgan fingerprint density at radius 3 is 1.76 bits per heavy atom. The minimum atomic E-state index is 0.866. The monoisotopic (exact) mass is 587 g/mol. The summed E-state index contributed by atoms with van der Waals surface area (Å²) in [6.45, 7) is 0. The minimum Gasteiger partial charge on any atom is -0.453 e. The van der Waals surface area contributed by atoms with Crippen molar-refractivity contribution in [2.45, 2.75) is 0 Å². The van der Waals surface area contributed by atoms with Gasteiger partial charge in [0, 0.05) is 27.7 Å². The Morgan fingerprint density at radius 2 is 0.957 bits per heavy atom. The van der Waals surface area contributed by atoms with E-state index in [1.54, 1.807) is 0 Å². The lowest BCUT2D eigenvalue weighted by Gasteiger charge is -2.25. The zero-order valence-corrected chi connectivity index (χ0v) is 25.1. The summed E-state index contributed by atoms with van der Waals surface area (Å²) < 4.78 is 7.10. The Morgan fingerprint density at radius 1 is 0.370 bits per heavy atom. The van der Waals surface area contributed by atoms with Crippen LogP contribution in [0.15, 0.2) is 180 Å². The van der Waals surface area contributed by atoms with Crippen molar-refractivity contribution < 1.29 is 4.42 Å². The number of benzene rings is 8. The molecule has 1 aromatic heterocycles. The Bertz CT molecular complexity index is 2510. The maximum absolute atomic E-state index is 7.10. The second-order valence-electron chi connectivity index (χ2n) is 11.7. The second kappa shape index (κ2) is 10.8. The molecule has 0 unspecified atom stereocenters. The molecule has 0 aliphatic rings. The van der Waals surface area contributed by atoms with Crippen LogP contribution in [-0.2, 0) is 0 Å². The van der Waals surface area contributed by atoms with Gasteiger partial charge >= 0.3 is 0 Å². The average Bonchev–Trinajstić information content (AvgIpc) is 3.50. The molecule has 216 valence electrons. The van der Waals surface area contributed by atoms with Crippen LogP contribution in [0.1, 0.15) is 0 Å². The molecule has 9 rings (SSSR count). The normalized spacial score (nSPS) is 11.5. The Labute approximate surface area is 267 Å². The summed E-state index contributed by atoms with van der Waals surface area (Å²) in [6.07, 6.45) is 0. The molecule has 0 spiro atoms. The molecule has 2 heteroatoms. The van der Waals surface area contributed by atoms with Gasteiger partial charge in [-0.1, -0.05) is 140 Å². The van der Waals surface area contributed by atoms with Crippen LogP contribution in [0.25, 0.3) is 65.7 Å². The predicted molar refractivity (Wildman–Crippen MR) is 194 cm³/mol. The van der Waals surface area contributed by atoms with E-state index in [0.717, 1.165) is 44.6 Å². The smallest absolute Gasteiger partial charge is 0.159 e. The molecule has 0 radical (unpaired) electrons. The van der Waals surface area contributed by atoms with Crippen molar-refractivity contribution in [2.24, 2.45) is 0 Å². The highest BCUT2D eigenvalue weighted by Gasteiger charge is 2.22. The van der Waals surface area contributed by atoms with Gasteiger partial charge in [0.2, 0.25) is 0 Å². The number of anilines is 3. The summed E-state index contributed by atoms with van der Waals surface area (Å²) in [4.78, 5) is 2.30. The SMILES string of the molecule is c1ccc(-c2ccc(N(c3ccccc3)c3cccc4c3oc3c(-c5cccc6ccccc56)c5ccccc5cc34)cc2)cc1. The van der Waals surface area contributed by atoms with Crippen molar-refractivity contribution >= 4 is 60.5 Å². The molecule has 0 aliphatic carbocycles. The third kappa shape index (κ3) is 4.27. The number of hydrogen-bond donors (Lipinski definition) is 0. The zero-order chi connectivity index (χ0) is 30.5. The van der Waals surface area contributed by atoms with Crippen LogP contribution in [0.3, 0.4) is 0 Å². The van der Waals surface area contributed by atoms with E-state index in [1.807, 2.05) is 0 Å². The molecular formula is C44H29NO. The van der Waals surface area contributed by atoms with Gasteiger partial charge in [-0.3, -0.25) is 0 Å². The highest BCUT2D eigenvalue weighted by atomic mass is 16.3. The number of para-hydroxylation sites is 2. The highest BCUT2D eigenvalue weighted by Crippen LogP contribution is 2.47. The van der Waals surface area contributed by atoms with Crippen molar-refractivity contribution in [3.8, 4) is 22.3 Å². The Balaban J connectivity index is 1.32. The molecule has 0 atom stereocenters. The van der Waals surface area contributed by atoms with Crippen LogP contribution in [-0.4, -0.2) is 0 Å². The molecule has 0 saturated heterocycles. The maximum Gasteiger partial charge on any atom is 0.159 e. The van der Waals surface area contributed by atoms with Gasteiger partial charge in [-0.15, -0.1) is 0 Å². The van der Waals surface area contributed by atoms with Crippen LogP contribution < -0.4 is 4.90 Å². The summed E-state index contributed by atoms with van der Waals surface area (Å²) in [5, 5.41) is 7.03. The largest absolute Gasteiger partial charge is 0.453 e. The summed E-state index contributed by atoms with van der Waals surface area (Å²) in [5.41, 5.74) is 9.61. The maximum atomic E-state index is 7.10. The van der Waals surface area contributed by atoms with E-state index in [2.05, 4.69) is 181 Å². The van der Waals surface area contributed by atoms with E-state index in [-0.39, 0.29) is 0 Å². The quantitative estimate of drug-likeness (QED) is 0.199. The molecule has 0 amide bonds. The summed E-state index contributed by atoms with van der Waals surface area (Å²) in [5.74, 6) is 0. The molecule has 46 heavy (non-hydrogen) atoms. The molecule has 0 saturated carbocycles.